The van der Waals surface area contributed by atoms with E-state index in [0.717, 1.165) is 11.4 Å². The summed E-state index contributed by atoms with van der Waals surface area (Å²) in [5.41, 5.74) is 7.10. The maximum absolute atomic E-state index is 5.83. The summed E-state index contributed by atoms with van der Waals surface area (Å²) in [6, 6.07) is 8.85. The smallest absolute Gasteiger partial charge is 0.167 e. The van der Waals surface area contributed by atoms with Gasteiger partial charge in [-0.1, -0.05) is 11.6 Å². The molecule has 2 aromatic rings. The fraction of sp³-hybridized carbons (Fsp3) is 0.167. The Morgan fingerprint density at radius 3 is 2.59 bits per heavy atom. The lowest BCUT2D eigenvalue weighted by molar-refractivity contribution is 0.295. The quantitative estimate of drug-likeness (QED) is 0.671. The van der Waals surface area contributed by atoms with E-state index in [1.165, 1.54) is 0 Å². The number of anilines is 1. The van der Waals surface area contributed by atoms with Gasteiger partial charge >= 0.3 is 0 Å². The first-order valence-corrected chi connectivity index (χ1v) is 5.50. The summed E-state index contributed by atoms with van der Waals surface area (Å²) in [5, 5.41) is 0.424. The second-order valence-electron chi connectivity index (χ2n) is 3.61. The van der Waals surface area contributed by atoms with Crippen LogP contribution in [0.3, 0.4) is 0 Å². The molecular weight excluding hydrogens is 238 g/mol. The number of aromatic nitrogens is 2. The molecule has 1 aromatic heterocycles. The molecule has 0 aliphatic rings. The summed E-state index contributed by atoms with van der Waals surface area (Å²) in [6.07, 6.45) is 0. The van der Waals surface area contributed by atoms with Crippen LogP contribution in [-0.4, -0.2) is 9.97 Å². The van der Waals surface area contributed by atoms with Gasteiger partial charge in [-0.15, -0.1) is 0 Å². The van der Waals surface area contributed by atoms with Crippen LogP contribution in [0.5, 0.6) is 5.75 Å². The molecule has 0 amide bonds. The van der Waals surface area contributed by atoms with E-state index in [9.17, 15) is 0 Å². The van der Waals surface area contributed by atoms with Crippen LogP contribution in [0.25, 0.3) is 0 Å². The van der Waals surface area contributed by atoms with Gasteiger partial charge < -0.3 is 10.5 Å². The van der Waals surface area contributed by atoms with E-state index in [0.29, 0.717) is 16.7 Å². The van der Waals surface area contributed by atoms with E-state index in [1.807, 2.05) is 6.92 Å². The van der Waals surface area contributed by atoms with Crippen molar-refractivity contribution in [2.75, 3.05) is 5.73 Å². The second kappa shape index (κ2) is 5.01. The van der Waals surface area contributed by atoms with Crippen LogP contribution in [0.2, 0.25) is 5.15 Å². The first kappa shape index (κ1) is 11.7. The zero-order chi connectivity index (χ0) is 12.3. The monoisotopic (exact) mass is 249 g/mol. The SMILES string of the molecule is Cc1cc(Cl)nc(COc2ccc(N)cc2)n1. The van der Waals surface area contributed by atoms with Crippen LogP contribution in [0.15, 0.2) is 30.3 Å². The predicted octanol–water partition coefficient (Wildman–Crippen LogP) is 2.60. The molecule has 1 heterocycles. The molecule has 17 heavy (non-hydrogen) atoms. The van der Waals surface area contributed by atoms with E-state index in [-0.39, 0.29) is 6.61 Å². The van der Waals surface area contributed by atoms with Crippen molar-refractivity contribution in [3.8, 4) is 5.75 Å². The first-order valence-electron chi connectivity index (χ1n) is 5.12. The lowest BCUT2D eigenvalue weighted by atomic mass is 10.3. The molecule has 0 fully saturated rings. The Bertz CT molecular complexity index is 493. The van der Waals surface area contributed by atoms with Gasteiger partial charge in [-0.05, 0) is 37.3 Å². The number of nitrogens with two attached hydrogens (primary N) is 1. The predicted molar refractivity (Wildman–Crippen MR) is 67.0 cm³/mol. The third-order valence-corrected chi connectivity index (χ3v) is 2.31. The number of hydrogen-bond donors (Lipinski definition) is 1. The fourth-order valence-corrected chi connectivity index (χ4v) is 1.62. The Labute approximate surface area is 104 Å². The highest BCUT2D eigenvalue weighted by Crippen LogP contribution is 2.14. The molecular formula is C12H12ClN3O. The molecule has 88 valence electrons. The topological polar surface area (TPSA) is 61.0 Å². The van der Waals surface area contributed by atoms with Gasteiger partial charge in [-0.2, -0.15) is 0 Å². The van der Waals surface area contributed by atoms with E-state index in [2.05, 4.69) is 9.97 Å². The highest BCUT2D eigenvalue weighted by molar-refractivity contribution is 6.29. The summed E-state index contributed by atoms with van der Waals surface area (Å²) >= 11 is 5.83. The standard InChI is InChI=1S/C12H12ClN3O/c1-8-6-11(13)16-12(15-8)7-17-10-4-2-9(14)3-5-10/h2-6H,7,14H2,1H3. The van der Waals surface area contributed by atoms with Crippen LogP contribution in [0.1, 0.15) is 11.5 Å². The molecule has 0 radical (unpaired) electrons. The second-order valence-corrected chi connectivity index (χ2v) is 3.99. The van der Waals surface area contributed by atoms with Crippen LogP contribution in [0, 0.1) is 6.92 Å². The summed E-state index contributed by atoms with van der Waals surface area (Å²) < 4.78 is 5.52. The summed E-state index contributed by atoms with van der Waals surface area (Å²) in [6.45, 7) is 2.14. The highest BCUT2D eigenvalue weighted by atomic mass is 35.5. The first-order chi connectivity index (χ1) is 8.13. The van der Waals surface area contributed by atoms with Crippen molar-refractivity contribution in [2.24, 2.45) is 0 Å². The van der Waals surface area contributed by atoms with Crippen molar-refractivity contribution in [1.29, 1.82) is 0 Å². The van der Waals surface area contributed by atoms with E-state index >= 15 is 0 Å². The summed E-state index contributed by atoms with van der Waals surface area (Å²) in [5.74, 6) is 1.28. The van der Waals surface area contributed by atoms with Gasteiger partial charge in [0.15, 0.2) is 5.82 Å². The van der Waals surface area contributed by atoms with Crippen LogP contribution in [-0.2, 0) is 6.61 Å². The van der Waals surface area contributed by atoms with Gasteiger partial charge in [0.2, 0.25) is 0 Å². The molecule has 0 saturated heterocycles. The maximum atomic E-state index is 5.83. The van der Waals surface area contributed by atoms with Gasteiger partial charge in [0, 0.05) is 11.4 Å². The lowest BCUT2D eigenvalue weighted by Gasteiger charge is -2.06. The van der Waals surface area contributed by atoms with Crippen molar-refractivity contribution in [2.45, 2.75) is 13.5 Å². The Hall–Kier alpha value is -1.81. The maximum Gasteiger partial charge on any atom is 0.167 e. The summed E-state index contributed by atoms with van der Waals surface area (Å²) in [4.78, 5) is 8.29. The molecule has 0 unspecified atom stereocenters. The van der Waals surface area contributed by atoms with Crippen molar-refractivity contribution in [1.82, 2.24) is 9.97 Å². The molecule has 0 aliphatic heterocycles. The number of ether oxygens (including phenoxy) is 1. The third kappa shape index (κ3) is 3.32. The zero-order valence-corrected chi connectivity index (χ0v) is 10.1. The number of benzene rings is 1. The molecule has 4 nitrogen and oxygen atoms in total. The van der Waals surface area contributed by atoms with Crippen molar-refractivity contribution in [3.63, 3.8) is 0 Å². The van der Waals surface area contributed by atoms with Gasteiger partial charge in [0.1, 0.15) is 17.5 Å². The highest BCUT2D eigenvalue weighted by Gasteiger charge is 2.01. The number of rotatable bonds is 3. The number of nitrogens with zero attached hydrogens (tertiary/aromatic N) is 2. The molecule has 0 spiro atoms. The normalized spacial score (nSPS) is 10.2. The number of hydrogen-bond acceptors (Lipinski definition) is 4. The van der Waals surface area contributed by atoms with Crippen molar-refractivity contribution in [3.05, 3.63) is 47.0 Å². The Kier molecular flexibility index (Phi) is 3.44. The Morgan fingerprint density at radius 1 is 1.24 bits per heavy atom. The minimum Gasteiger partial charge on any atom is -0.486 e. The van der Waals surface area contributed by atoms with Crippen LogP contribution >= 0.6 is 11.6 Å². The average molecular weight is 250 g/mol. The van der Waals surface area contributed by atoms with Gasteiger partial charge in [0.05, 0.1) is 0 Å². The van der Waals surface area contributed by atoms with E-state index in [1.54, 1.807) is 30.3 Å². The van der Waals surface area contributed by atoms with Gasteiger partial charge in [-0.3, -0.25) is 0 Å². The number of aryl methyl sites for hydroxylation is 1. The fourth-order valence-electron chi connectivity index (χ4n) is 1.37. The molecule has 5 heteroatoms. The van der Waals surface area contributed by atoms with E-state index < -0.39 is 0 Å². The molecule has 2 N–H and O–H groups in total. The number of halogens is 1. The number of nitrogen functional groups attached to an aromatic ring is 1. The molecule has 0 saturated carbocycles. The Morgan fingerprint density at radius 2 is 1.94 bits per heavy atom. The Balaban J connectivity index is 2.04. The van der Waals surface area contributed by atoms with Crippen LogP contribution < -0.4 is 10.5 Å². The average Bonchev–Trinajstić information content (AvgIpc) is 2.27. The molecule has 0 aliphatic carbocycles. The van der Waals surface area contributed by atoms with Crippen molar-refractivity contribution < 1.29 is 4.74 Å². The zero-order valence-electron chi connectivity index (χ0n) is 9.35. The lowest BCUT2D eigenvalue weighted by Crippen LogP contribution is -2.02. The minimum atomic E-state index is 0.283. The molecule has 0 atom stereocenters. The van der Waals surface area contributed by atoms with Gasteiger partial charge in [0.25, 0.3) is 0 Å². The van der Waals surface area contributed by atoms with Crippen LogP contribution in [0.4, 0.5) is 5.69 Å². The third-order valence-electron chi connectivity index (χ3n) is 2.12. The van der Waals surface area contributed by atoms with E-state index in [4.69, 9.17) is 22.1 Å². The molecule has 0 bridgehead atoms. The largest absolute Gasteiger partial charge is 0.486 e. The summed E-state index contributed by atoms with van der Waals surface area (Å²) in [7, 11) is 0. The van der Waals surface area contributed by atoms with Gasteiger partial charge in [-0.25, -0.2) is 9.97 Å². The minimum absolute atomic E-state index is 0.283. The molecule has 1 aromatic carbocycles. The molecule has 2 rings (SSSR count). The van der Waals surface area contributed by atoms with Crippen molar-refractivity contribution >= 4 is 17.3 Å².